The highest BCUT2D eigenvalue weighted by atomic mass is 79.9. The topological polar surface area (TPSA) is 35.0 Å². The zero-order chi connectivity index (χ0) is 13.1. The molecule has 0 atom stereocenters. The molecular weight excluding hydrogens is 316 g/mol. The lowest BCUT2D eigenvalue weighted by Crippen LogP contribution is -1.97. The smallest absolute Gasteiger partial charge is 0.164 e. The van der Waals surface area contributed by atoms with Gasteiger partial charge in [0, 0.05) is 10.2 Å². The summed E-state index contributed by atoms with van der Waals surface area (Å²) in [5, 5.41) is 0.443. The quantitative estimate of drug-likeness (QED) is 0.795. The molecule has 18 heavy (non-hydrogen) atoms. The van der Waals surface area contributed by atoms with Crippen LogP contribution in [-0.2, 0) is 6.42 Å². The van der Waals surface area contributed by atoms with Crippen molar-refractivity contribution in [3.63, 3.8) is 0 Å². The van der Waals surface area contributed by atoms with E-state index in [1.54, 1.807) is 13.2 Å². The van der Waals surface area contributed by atoms with Crippen LogP contribution in [0.4, 0.5) is 0 Å². The molecular formula is C13H12BrClN2O. The van der Waals surface area contributed by atoms with Crippen LogP contribution in [0.25, 0.3) is 11.4 Å². The summed E-state index contributed by atoms with van der Waals surface area (Å²) in [5.41, 5.74) is 1.73. The molecule has 0 saturated carbocycles. The van der Waals surface area contributed by atoms with E-state index in [0.717, 1.165) is 27.9 Å². The Bertz CT molecular complexity index is 575. The van der Waals surface area contributed by atoms with Crippen molar-refractivity contribution in [3.05, 3.63) is 39.6 Å². The van der Waals surface area contributed by atoms with Crippen molar-refractivity contribution in [2.75, 3.05) is 7.11 Å². The van der Waals surface area contributed by atoms with Gasteiger partial charge in [0.2, 0.25) is 0 Å². The van der Waals surface area contributed by atoms with E-state index in [9.17, 15) is 0 Å². The Morgan fingerprint density at radius 3 is 2.72 bits per heavy atom. The third kappa shape index (κ3) is 2.82. The van der Waals surface area contributed by atoms with Crippen LogP contribution in [0.15, 0.2) is 28.7 Å². The third-order valence-corrected chi connectivity index (χ3v) is 3.20. The number of rotatable bonds is 3. The molecule has 0 aliphatic carbocycles. The predicted octanol–water partition coefficient (Wildman–Crippen LogP) is 4.13. The second kappa shape index (κ2) is 5.67. The molecule has 1 heterocycles. The molecule has 2 rings (SSSR count). The molecule has 0 aliphatic heterocycles. The molecule has 3 nitrogen and oxygen atoms in total. The number of methoxy groups -OCH3 is 1. The molecule has 1 aromatic heterocycles. The number of benzene rings is 1. The first kappa shape index (κ1) is 13.3. The van der Waals surface area contributed by atoms with Crippen LogP contribution in [0.3, 0.4) is 0 Å². The van der Waals surface area contributed by atoms with Gasteiger partial charge in [-0.25, -0.2) is 9.97 Å². The van der Waals surface area contributed by atoms with Crippen LogP contribution in [0.1, 0.15) is 12.6 Å². The molecule has 0 fully saturated rings. The fourth-order valence-corrected chi connectivity index (χ4v) is 2.19. The van der Waals surface area contributed by atoms with Gasteiger partial charge in [-0.1, -0.05) is 34.5 Å². The zero-order valence-electron chi connectivity index (χ0n) is 10.1. The molecule has 5 heteroatoms. The molecule has 0 radical (unpaired) electrons. The van der Waals surface area contributed by atoms with Crippen molar-refractivity contribution >= 4 is 27.5 Å². The van der Waals surface area contributed by atoms with E-state index >= 15 is 0 Å². The van der Waals surface area contributed by atoms with Crippen molar-refractivity contribution in [2.45, 2.75) is 13.3 Å². The summed E-state index contributed by atoms with van der Waals surface area (Å²) in [5.74, 6) is 1.31. The van der Waals surface area contributed by atoms with Crippen molar-refractivity contribution in [1.82, 2.24) is 9.97 Å². The number of nitrogens with zero attached hydrogens (tertiary/aromatic N) is 2. The van der Waals surface area contributed by atoms with E-state index in [1.165, 1.54) is 0 Å². The number of aromatic nitrogens is 2. The van der Waals surface area contributed by atoms with Crippen molar-refractivity contribution < 1.29 is 4.74 Å². The molecule has 0 N–H and O–H groups in total. The number of hydrogen-bond acceptors (Lipinski definition) is 3. The van der Waals surface area contributed by atoms with E-state index < -0.39 is 0 Å². The van der Waals surface area contributed by atoms with Gasteiger partial charge in [-0.2, -0.15) is 0 Å². The van der Waals surface area contributed by atoms with Gasteiger partial charge in [0.1, 0.15) is 10.9 Å². The molecule has 1 aromatic carbocycles. The second-order valence-corrected chi connectivity index (χ2v) is 5.01. The summed E-state index contributed by atoms with van der Waals surface area (Å²) in [6.07, 6.45) is 0.811. The molecule has 0 aliphatic rings. The van der Waals surface area contributed by atoms with Gasteiger partial charge < -0.3 is 4.74 Å². The van der Waals surface area contributed by atoms with Crippen LogP contribution in [-0.4, -0.2) is 17.1 Å². The summed E-state index contributed by atoms with van der Waals surface area (Å²) < 4.78 is 6.27. The first-order valence-corrected chi connectivity index (χ1v) is 6.68. The number of hydrogen-bond donors (Lipinski definition) is 0. The lowest BCUT2D eigenvalue weighted by atomic mass is 10.2. The van der Waals surface area contributed by atoms with Crippen molar-refractivity contribution in [1.29, 1.82) is 0 Å². The van der Waals surface area contributed by atoms with Gasteiger partial charge in [0.05, 0.1) is 12.7 Å². The Kier molecular flexibility index (Phi) is 4.19. The molecule has 0 spiro atoms. The van der Waals surface area contributed by atoms with Crippen LogP contribution in [0.2, 0.25) is 5.15 Å². The highest BCUT2D eigenvalue weighted by molar-refractivity contribution is 9.10. The first-order valence-electron chi connectivity index (χ1n) is 5.51. The molecule has 0 bridgehead atoms. The van der Waals surface area contributed by atoms with Gasteiger partial charge in [-0.3, -0.25) is 0 Å². The molecule has 0 unspecified atom stereocenters. The zero-order valence-corrected chi connectivity index (χ0v) is 12.4. The van der Waals surface area contributed by atoms with Gasteiger partial charge >= 0.3 is 0 Å². The van der Waals surface area contributed by atoms with E-state index in [2.05, 4.69) is 25.9 Å². The third-order valence-electron chi connectivity index (χ3n) is 2.51. The Morgan fingerprint density at radius 2 is 2.06 bits per heavy atom. The minimum atomic E-state index is 0.443. The minimum absolute atomic E-state index is 0.443. The normalized spacial score (nSPS) is 10.4. The average Bonchev–Trinajstić information content (AvgIpc) is 2.38. The monoisotopic (exact) mass is 326 g/mol. The first-order chi connectivity index (χ1) is 8.63. The number of ether oxygens (including phenoxy) is 1. The molecule has 94 valence electrons. The fourth-order valence-electron chi connectivity index (χ4n) is 1.62. The summed E-state index contributed by atoms with van der Waals surface area (Å²) in [6.45, 7) is 2.03. The SMILES string of the molecule is CCc1cc(Cl)nc(-c2cc(Br)ccc2OC)n1. The Balaban J connectivity index is 2.60. The van der Waals surface area contributed by atoms with Gasteiger partial charge in [0.25, 0.3) is 0 Å². The lowest BCUT2D eigenvalue weighted by molar-refractivity contribution is 0.416. The minimum Gasteiger partial charge on any atom is -0.496 e. The van der Waals surface area contributed by atoms with E-state index in [-0.39, 0.29) is 0 Å². The highest BCUT2D eigenvalue weighted by Gasteiger charge is 2.11. The fraction of sp³-hybridized carbons (Fsp3) is 0.231. The maximum absolute atomic E-state index is 6.01. The summed E-state index contributed by atoms with van der Waals surface area (Å²) in [6, 6.07) is 7.47. The Morgan fingerprint density at radius 1 is 1.28 bits per heavy atom. The molecule has 0 saturated heterocycles. The van der Waals surface area contributed by atoms with Crippen molar-refractivity contribution in [3.8, 4) is 17.1 Å². The predicted molar refractivity (Wildman–Crippen MR) is 76.1 cm³/mol. The lowest BCUT2D eigenvalue weighted by Gasteiger charge is -2.09. The summed E-state index contributed by atoms with van der Waals surface area (Å²) in [4.78, 5) is 8.73. The summed E-state index contributed by atoms with van der Waals surface area (Å²) in [7, 11) is 1.62. The van der Waals surface area contributed by atoms with Gasteiger partial charge in [0.15, 0.2) is 5.82 Å². The summed E-state index contributed by atoms with van der Waals surface area (Å²) >= 11 is 9.44. The van der Waals surface area contributed by atoms with Crippen LogP contribution < -0.4 is 4.74 Å². The molecule has 2 aromatic rings. The number of aryl methyl sites for hydroxylation is 1. The Hall–Kier alpha value is -1.13. The van der Waals surface area contributed by atoms with Gasteiger partial charge in [-0.05, 0) is 30.7 Å². The molecule has 0 amide bonds. The van der Waals surface area contributed by atoms with E-state index in [4.69, 9.17) is 16.3 Å². The second-order valence-electron chi connectivity index (χ2n) is 3.70. The van der Waals surface area contributed by atoms with E-state index in [0.29, 0.717) is 11.0 Å². The maximum atomic E-state index is 6.01. The maximum Gasteiger partial charge on any atom is 0.164 e. The van der Waals surface area contributed by atoms with Crippen LogP contribution >= 0.6 is 27.5 Å². The largest absolute Gasteiger partial charge is 0.496 e. The Labute approximate surface area is 119 Å². The standard InChI is InChI=1S/C13H12BrClN2O/c1-3-9-7-12(15)17-13(16-9)10-6-8(14)4-5-11(10)18-2/h4-7H,3H2,1-2H3. The average molecular weight is 328 g/mol. The number of halogens is 2. The van der Waals surface area contributed by atoms with Crippen molar-refractivity contribution in [2.24, 2.45) is 0 Å². The van der Waals surface area contributed by atoms with Crippen LogP contribution in [0, 0.1) is 0 Å². The van der Waals surface area contributed by atoms with Crippen LogP contribution in [0.5, 0.6) is 5.75 Å². The van der Waals surface area contributed by atoms with E-state index in [1.807, 2.05) is 25.1 Å². The van der Waals surface area contributed by atoms with Gasteiger partial charge in [-0.15, -0.1) is 0 Å². The highest BCUT2D eigenvalue weighted by Crippen LogP contribution is 2.31.